The van der Waals surface area contributed by atoms with E-state index < -0.39 is 0 Å². The molecule has 0 atom stereocenters. The number of hydrogen-bond donors (Lipinski definition) is 0. The molecule has 0 bridgehead atoms. The lowest BCUT2D eigenvalue weighted by molar-refractivity contribution is 1.38. The smallest absolute Gasteiger partial charge is 0.123 e. The minimum Gasteiger partial charge on any atom is -0.244 e. The molecule has 0 saturated carbocycles. The number of fused-ring (bicyclic) bond motifs is 1. The van der Waals surface area contributed by atoms with Gasteiger partial charge in [0.15, 0.2) is 0 Å². The van der Waals surface area contributed by atoms with Crippen LogP contribution in [-0.2, 0) is 0 Å². The van der Waals surface area contributed by atoms with Gasteiger partial charge in [-0.1, -0.05) is 35.9 Å². The van der Waals surface area contributed by atoms with Crippen molar-refractivity contribution in [3.8, 4) is 10.6 Å². The maximum absolute atomic E-state index is 4.43. The van der Waals surface area contributed by atoms with Crippen molar-refractivity contribution in [3.05, 3.63) is 53.0 Å². The maximum atomic E-state index is 4.43. The second kappa shape index (κ2) is 3.97. The summed E-state index contributed by atoms with van der Waals surface area (Å²) in [6.45, 7) is 4.21. The molecule has 3 aromatic rings. The van der Waals surface area contributed by atoms with Crippen molar-refractivity contribution >= 4 is 22.1 Å². The van der Waals surface area contributed by atoms with Crippen molar-refractivity contribution in [1.82, 2.24) is 4.98 Å². The Bertz CT molecular complexity index is 682. The van der Waals surface area contributed by atoms with E-state index in [0.717, 1.165) is 5.01 Å². The predicted molar refractivity (Wildman–Crippen MR) is 74.5 cm³/mol. The molecule has 1 heterocycles. The van der Waals surface area contributed by atoms with E-state index in [1.54, 1.807) is 11.3 Å². The van der Waals surface area contributed by atoms with Gasteiger partial charge in [0.2, 0.25) is 0 Å². The van der Waals surface area contributed by atoms with E-state index in [1.165, 1.54) is 26.8 Å². The third-order valence-electron chi connectivity index (χ3n) is 2.86. The van der Waals surface area contributed by atoms with E-state index in [0.29, 0.717) is 0 Å². The van der Waals surface area contributed by atoms with E-state index in [9.17, 15) is 0 Å². The van der Waals surface area contributed by atoms with Crippen LogP contribution in [-0.4, -0.2) is 4.98 Å². The molecular formula is C15H13NS. The largest absolute Gasteiger partial charge is 0.244 e. The first-order valence-corrected chi connectivity index (χ1v) is 6.47. The minimum absolute atomic E-state index is 1.10. The summed E-state index contributed by atoms with van der Waals surface area (Å²) in [5.41, 5.74) is 2.51. The molecule has 3 rings (SSSR count). The van der Waals surface area contributed by atoms with E-state index in [4.69, 9.17) is 0 Å². The number of hydrogen-bond acceptors (Lipinski definition) is 2. The van der Waals surface area contributed by atoms with Crippen LogP contribution in [0.2, 0.25) is 0 Å². The second-order valence-corrected chi connectivity index (χ2v) is 5.58. The summed E-state index contributed by atoms with van der Waals surface area (Å²) in [6.07, 6.45) is 1.93. The number of aryl methyl sites for hydroxylation is 2. The van der Waals surface area contributed by atoms with Gasteiger partial charge in [-0.2, -0.15) is 0 Å². The Morgan fingerprint density at radius 2 is 1.76 bits per heavy atom. The highest BCUT2D eigenvalue weighted by atomic mass is 32.1. The van der Waals surface area contributed by atoms with Crippen molar-refractivity contribution in [2.45, 2.75) is 13.8 Å². The molecule has 0 radical (unpaired) electrons. The topological polar surface area (TPSA) is 12.9 Å². The quantitative estimate of drug-likeness (QED) is 0.605. The zero-order valence-electron chi connectivity index (χ0n) is 9.90. The van der Waals surface area contributed by atoms with Gasteiger partial charge in [0, 0.05) is 16.6 Å². The Balaban J connectivity index is 2.18. The Morgan fingerprint density at radius 3 is 2.53 bits per heavy atom. The molecule has 0 aliphatic heterocycles. The van der Waals surface area contributed by atoms with Gasteiger partial charge in [0.1, 0.15) is 5.01 Å². The van der Waals surface area contributed by atoms with Crippen molar-refractivity contribution in [1.29, 1.82) is 0 Å². The van der Waals surface area contributed by atoms with E-state index in [2.05, 4.69) is 55.2 Å². The van der Waals surface area contributed by atoms with Crippen LogP contribution in [0, 0.1) is 13.8 Å². The predicted octanol–water partition coefficient (Wildman–Crippen LogP) is 4.58. The molecule has 1 aromatic heterocycles. The lowest BCUT2D eigenvalue weighted by Crippen LogP contribution is -1.79. The molecule has 17 heavy (non-hydrogen) atoms. The highest BCUT2D eigenvalue weighted by Crippen LogP contribution is 2.28. The van der Waals surface area contributed by atoms with Gasteiger partial charge in [0.25, 0.3) is 0 Å². The summed E-state index contributed by atoms with van der Waals surface area (Å²) in [6, 6.07) is 13.1. The molecule has 2 aromatic carbocycles. The SMILES string of the molecule is Cc1ccc2ccc(-c3ncc(C)s3)cc2c1. The third kappa shape index (κ3) is 1.96. The van der Waals surface area contributed by atoms with Crippen LogP contribution in [0.15, 0.2) is 42.6 Å². The Morgan fingerprint density at radius 1 is 0.941 bits per heavy atom. The molecule has 2 heteroatoms. The molecule has 0 saturated heterocycles. The first-order valence-electron chi connectivity index (χ1n) is 5.65. The number of aromatic nitrogens is 1. The average Bonchev–Trinajstić information content (AvgIpc) is 2.75. The standard InChI is InChI=1S/C15H13NS/c1-10-3-4-12-5-6-13(8-14(12)7-10)15-16-9-11(2)17-15/h3-9H,1-2H3. The summed E-state index contributed by atoms with van der Waals surface area (Å²) in [5, 5.41) is 3.67. The van der Waals surface area contributed by atoms with Crippen LogP contribution < -0.4 is 0 Å². The summed E-state index contributed by atoms with van der Waals surface area (Å²) in [7, 11) is 0. The third-order valence-corrected chi connectivity index (χ3v) is 3.83. The lowest BCUT2D eigenvalue weighted by atomic mass is 10.1. The fourth-order valence-electron chi connectivity index (χ4n) is 1.99. The fourth-order valence-corrected chi connectivity index (χ4v) is 2.75. The van der Waals surface area contributed by atoms with E-state index in [1.807, 2.05) is 6.20 Å². The summed E-state index contributed by atoms with van der Waals surface area (Å²) >= 11 is 1.74. The molecule has 1 nitrogen and oxygen atoms in total. The van der Waals surface area contributed by atoms with E-state index in [-0.39, 0.29) is 0 Å². The minimum atomic E-state index is 1.10. The summed E-state index contributed by atoms with van der Waals surface area (Å²) < 4.78 is 0. The first-order chi connectivity index (χ1) is 8.22. The molecule has 0 amide bonds. The summed E-state index contributed by atoms with van der Waals surface area (Å²) in [5.74, 6) is 0. The van der Waals surface area contributed by atoms with Gasteiger partial charge < -0.3 is 0 Å². The lowest BCUT2D eigenvalue weighted by Gasteiger charge is -2.02. The number of rotatable bonds is 1. The molecule has 0 spiro atoms. The Hall–Kier alpha value is -1.67. The summed E-state index contributed by atoms with van der Waals surface area (Å²) in [4.78, 5) is 5.69. The van der Waals surface area contributed by atoms with Crippen molar-refractivity contribution in [2.24, 2.45) is 0 Å². The monoisotopic (exact) mass is 239 g/mol. The average molecular weight is 239 g/mol. The fraction of sp³-hybridized carbons (Fsp3) is 0.133. The second-order valence-electron chi connectivity index (χ2n) is 4.34. The Kier molecular flexibility index (Phi) is 2.45. The first kappa shape index (κ1) is 10.5. The zero-order chi connectivity index (χ0) is 11.8. The number of nitrogens with zero attached hydrogens (tertiary/aromatic N) is 1. The van der Waals surface area contributed by atoms with Crippen molar-refractivity contribution < 1.29 is 0 Å². The highest BCUT2D eigenvalue weighted by molar-refractivity contribution is 7.14. The van der Waals surface area contributed by atoms with Crippen LogP contribution in [0.3, 0.4) is 0 Å². The molecule has 0 aliphatic carbocycles. The molecule has 0 aliphatic rings. The van der Waals surface area contributed by atoms with Crippen LogP contribution in [0.4, 0.5) is 0 Å². The van der Waals surface area contributed by atoms with Crippen LogP contribution in [0.5, 0.6) is 0 Å². The van der Waals surface area contributed by atoms with Crippen LogP contribution in [0.25, 0.3) is 21.3 Å². The zero-order valence-corrected chi connectivity index (χ0v) is 10.7. The molecule has 0 fully saturated rings. The maximum Gasteiger partial charge on any atom is 0.123 e. The van der Waals surface area contributed by atoms with Gasteiger partial charge in [0.05, 0.1) is 0 Å². The number of benzene rings is 2. The number of thiazole rings is 1. The van der Waals surface area contributed by atoms with E-state index >= 15 is 0 Å². The van der Waals surface area contributed by atoms with Crippen LogP contribution >= 0.6 is 11.3 Å². The van der Waals surface area contributed by atoms with Gasteiger partial charge in [-0.25, -0.2) is 4.98 Å². The van der Waals surface area contributed by atoms with Crippen molar-refractivity contribution in [2.75, 3.05) is 0 Å². The Labute approximate surface area is 105 Å². The van der Waals surface area contributed by atoms with Crippen molar-refractivity contribution in [3.63, 3.8) is 0 Å². The molecule has 0 N–H and O–H groups in total. The molecule has 84 valence electrons. The normalized spacial score (nSPS) is 10.9. The van der Waals surface area contributed by atoms with Gasteiger partial charge in [-0.05, 0) is 30.7 Å². The van der Waals surface area contributed by atoms with Gasteiger partial charge >= 0.3 is 0 Å². The van der Waals surface area contributed by atoms with Crippen LogP contribution in [0.1, 0.15) is 10.4 Å². The van der Waals surface area contributed by atoms with Gasteiger partial charge in [-0.15, -0.1) is 11.3 Å². The molecular weight excluding hydrogens is 226 g/mol. The molecule has 0 unspecified atom stereocenters. The van der Waals surface area contributed by atoms with Gasteiger partial charge in [-0.3, -0.25) is 0 Å². The highest BCUT2D eigenvalue weighted by Gasteiger charge is 2.03.